The lowest BCUT2D eigenvalue weighted by molar-refractivity contribution is -0.123. The van der Waals surface area contributed by atoms with Crippen molar-refractivity contribution in [3.8, 4) is 11.5 Å². The van der Waals surface area contributed by atoms with E-state index in [1.165, 1.54) is 0 Å². The van der Waals surface area contributed by atoms with Crippen molar-refractivity contribution < 1.29 is 19.1 Å². The van der Waals surface area contributed by atoms with Crippen LogP contribution in [0.25, 0.3) is 0 Å². The van der Waals surface area contributed by atoms with Gasteiger partial charge < -0.3 is 20.1 Å². The summed E-state index contributed by atoms with van der Waals surface area (Å²) in [5.41, 5.74) is 0.833. The first-order valence-corrected chi connectivity index (χ1v) is 9.70. The molecule has 2 amide bonds. The Morgan fingerprint density at radius 1 is 0.897 bits per heavy atom. The maximum Gasteiger partial charge on any atom is 0.252 e. The second-order valence-corrected chi connectivity index (χ2v) is 8.72. The number of ether oxygens (including phenoxy) is 2. The molecule has 29 heavy (non-hydrogen) atoms. The molecule has 0 saturated heterocycles. The Morgan fingerprint density at radius 3 is 2.28 bits per heavy atom. The molecule has 6 heteroatoms. The van der Waals surface area contributed by atoms with E-state index in [4.69, 9.17) is 9.47 Å². The summed E-state index contributed by atoms with van der Waals surface area (Å²) in [6, 6.07) is 12.6. The minimum atomic E-state index is -0.627. The van der Waals surface area contributed by atoms with Gasteiger partial charge in [-0.2, -0.15) is 0 Å². The topological polar surface area (TPSA) is 76.7 Å². The second kappa shape index (κ2) is 7.78. The fourth-order valence-corrected chi connectivity index (χ4v) is 2.92. The average molecular weight is 396 g/mol. The van der Waals surface area contributed by atoms with E-state index in [1.807, 2.05) is 52.8 Å². The number of hydrogen-bond donors (Lipinski definition) is 2. The van der Waals surface area contributed by atoms with E-state index < -0.39 is 11.0 Å². The molecular weight excluding hydrogens is 368 g/mol. The maximum absolute atomic E-state index is 12.9. The van der Waals surface area contributed by atoms with Crippen LogP contribution in [0.4, 0.5) is 5.69 Å². The molecule has 0 bridgehead atoms. The molecule has 2 aromatic carbocycles. The normalized spacial score (nSPS) is 13.6. The third-order valence-electron chi connectivity index (χ3n) is 4.75. The van der Waals surface area contributed by atoms with E-state index in [0.717, 1.165) is 5.56 Å². The summed E-state index contributed by atoms with van der Waals surface area (Å²) in [5.74, 6) is 1.07. The Labute approximate surface area is 171 Å². The molecule has 2 aromatic rings. The Bertz CT molecular complexity index is 929. The molecule has 154 valence electrons. The highest BCUT2D eigenvalue weighted by Gasteiger charge is 2.26. The van der Waals surface area contributed by atoms with Crippen LogP contribution in [-0.2, 0) is 10.3 Å². The highest BCUT2D eigenvalue weighted by Crippen LogP contribution is 2.34. The first-order chi connectivity index (χ1) is 13.6. The van der Waals surface area contributed by atoms with Gasteiger partial charge in [0.05, 0.1) is 5.54 Å². The van der Waals surface area contributed by atoms with Gasteiger partial charge in [0.1, 0.15) is 13.2 Å². The third-order valence-corrected chi connectivity index (χ3v) is 4.75. The number of carbonyl (C=O) groups is 2. The van der Waals surface area contributed by atoms with E-state index >= 15 is 0 Å². The highest BCUT2D eigenvalue weighted by molar-refractivity contribution is 5.98. The summed E-state index contributed by atoms with van der Waals surface area (Å²) in [7, 11) is 0. The number of carbonyl (C=O) groups excluding carboxylic acids is 2. The van der Waals surface area contributed by atoms with Gasteiger partial charge in [-0.05, 0) is 49.7 Å². The Balaban J connectivity index is 1.75. The second-order valence-electron chi connectivity index (χ2n) is 8.72. The standard InChI is InChI=1S/C23H28N2O4/c1-22(2,3)21(27)24-17-8-6-7-15(13-17)20(26)25-23(4,5)16-9-10-18-19(14-16)29-12-11-28-18/h6-10,13-14H,11-12H2,1-5H3,(H,24,27)(H,25,26). The molecule has 1 aliphatic heterocycles. The van der Waals surface area contributed by atoms with Crippen LogP contribution in [0.3, 0.4) is 0 Å². The average Bonchev–Trinajstić information content (AvgIpc) is 2.66. The van der Waals surface area contributed by atoms with Gasteiger partial charge in [-0.15, -0.1) is 0 Å². The number of hydrogen-bond acceptors (Lipinski definition) is 4. The molecule has 2 N–H and O–H groups in total. The van der Waals surface area contributed by atoms with Crippen LogP contribution < -0.4 is 20.1 Å². The van der Waals surface area contributed by atoms with Gasteiger partial charge in [0, 0.05) is 16.7 Å². The lowest BCUT2D eigenvalue weighted by atomic mass is 9.93. The van der Waals surface area contributed by atoms with Crippen molar-refractivity contribution in [3.05, 3.63) is 53.6 Å². The van der Waals surface area contributed by atoms with Crippen molar-refractivity contribution in [1.29, 1.82) is 0 Å². The summed E-state index contributed by atoms with van der Waals surface area (Å²) in [5, 5.41) is 5.91. The Kier molecular flexibility index (Phi) is 5.55. The molecule has 1 heterocycles. The first kappa shape index (κ1) is 20.7. The molecule has 0 aliphatic carbocycles. The molecule has 3 rings (SSSR count). The molecule has 0 aromatic heterocycles. The van der Waals surface area contributed by atoms with Crippen LogP contribution in [0.5, 0.6) is 11.5 Å². The predicted molar refractivity (Wildman–Crippen MR) is 112 cm³/mol. The Hall–Kier alpha value is -3.02. The summed E-state index contributed by atoms with van der Waals surface area (Å²) in [4.78, 5) is 25.1. The van der Waals surface area contributed by atoms with E-state index in [1.54, 1.807) is 24.3 Å². The predicted octanol–water partition coefficient (Wildman–Crippen LogP) is 4.11. The number of rotatable bonds is 4. The summed E-state index contributed by atoms with van der Waals surface area (Å²) >= 11 is 0. The monoisotopic (exact) mass is 396 g/mol. The van der Waals surface area contributed by atoms with Crippen LogP contribution in [0.2, 0.25) is 0 Å². The lowest BCUT2D eigenvalue weighted by Gasteiger charge is -2.29. The van der Waals surface area contributed by atoms with E-state index in [9.17, 15) is 9.59 Å². The van der Waals surface area contributed by atoms with Gasteiger partial charge in [0.25, 0.3) is 5.91 Å². The van der Waals surface area contributed by atoms with Crippen LogP contribution >= 0.6 is 0 Å². The van der Waals surface area contributed by atoms with Gasteiger partial charge in [-0.1, -0.05) is 32.9 Å². The van der Waals surface area contributed by atoms with E-state index in [0.29, 0.717) is 36.0 Å². The number of benzene rings is 2. The largest absolute Gasteiger partial charge is 0.486 e. The van der Waals surface area contributed by atoms with Crippen LogP contribution in [0, 0.1) is 5.41 Å². The quantitative estimate of drug-likeness (QED) is 0.815. The molecule has 6 nitrogen and oxygen atoms in total. The highest BCUT2D eigenvalue weighted by atomic mass is 16.6. The molecule has 0 atom stereocenters. The van der Waals surface area contributed by atoms with Crippen molar-refractivity contribution in [2.24, 2.45) is 5.41 Å². The summed E-state index contributed by atoms with van der Waals surface area (Å²) in [6.45, 7) is 10.4. The summed E-state index contributed by atoms with van der Waals surface area (Å²) < 4.78 is 11.2. The van der Waals surface area contributed by atoms with Crippen LogP contribution in [-0.4, -0.2) is 25.0 Å². The van der Waals surface area contributed by atoms with Gasteiger partial charge in [-0.3, -0.25) is 9.59 Å². The summed E-state index contributed by atoms with van der Waals surface area (Å²) in [6.07, 6.45) is 0. The minimum absolute atomic E-state index is 0.105. The van der Waals surface area contributed by atoms with Gasteiger partial charge >= 0.3 is 0 Å². The smallest absolute Gasteiger partial charge is 0.252 e. The van der Waals surface area contributed by atoms with Crippen molar-refractivity contribution in [2.45, 2.75) is 40.2 Å². The number of nitrogens with one attached hydrogen (secondary N) is 2. The molecular formula is C23H28N2O4. The van der Waals surface area contributed by atoms with Crippen molar-refractivity contribution in [1.82, 2.24) is 5.32 Å². The van der Waals surface area contributed by atoms with Crippen LogP contribution in [0.15, 0.2) is 42.5 Å². The molecule has 0 saturated carbocycles. The zero-order valence-corrected chi connectivity index (χ0v) is 17.6. The molecule has 0 fully saturated rings. The number of amides is 2. The van der Waals surface area contributed by atoms with Crippen molar-refractivity contribution in [3.63, 3.8) is 0 Å². The van der Waals surface area contributed by atoms with Gasteiger partial charge in [0.2, 0.25) is 5.91 Å². The lowest BCUT2D eigenvalue weighted by Crippen LogP contribution is -2.41. The van der Waals surface area contributed by atoms with Crippen LogP contribution in [0.1, 0.15) is 50.5 Å². The van der Waals surface area contributed by atoms with Crippen molar-refractivity contribution >= 4 is 17.5 Å². The SMILES string of the molecule is CC(C)(C)C(=O)Nc1cccc(C(=O)NC(C)(C)c2ccc3c(c2)OCCO3)c1. The zero-order chi connectivity index (χ0) is 21.2. The number of fused-ring (bicyclic) bond motifs is 1. The zero-order valence-electron chi connectivity index (χ0n) is 17.6. The Morgan fingerprint density at radius 2 is 1.59 bits per heavy atom. The fourth-order valence-electron chi connectivity index (χ4n) is 2.92. The van der Waals surface area contributed by atoms with E-state index in [-0.39, 0.29) is 11.8 Å². The van der Waals surface area contributed by atoms with E-state index in [2.05, 4.69) is 10.6 Å². The molecule has 0 spiro atoms. The van der Waals surface area contributed by atoms with Crippen molar-refractivity contribution in [2.75, 3.05) is 18.5 Å². The van der Waals surface area contributed by atoms with Gasteiger partial charge in [-0.25, -0.2) is 0 Å². The molecule has 1 aliphatic rings. The molecule has 0 unspecified atom stereocenters. The van der Waals surface area contributed by atoms with Gasteiger partial charge in [0.15, 0.2) is 11.5 Å². The number of anilines is 1. The maximum atomic E-state index is 12.9. The molecule has 0 radical (unpaired) electrons. The fraction of sp³-hybridized carbons (Fsp3) is 0.391. The third kappa shape index (κ3) is 4.88. The minimum Gasteiger partial charge on any atom is -0.486 e. The first-order valence-electron chi connectivity index (χ1n) is 9.70.